The molecule has 1 N–H and O–H groups in total. The molecular weight excluding hydrogens is 192 g/mol. The molecule has 0 bridgehead atoms. The average molecular weight is 214 g/mol. The second kappa shape index (κ2) is 11.3. The van der Waals surface area contributed by atoms with Crippen LogP contribution < -0.4 is 0 Å². The Balaban J connectivity index is 3.79. The highest BCUT2D eigenvalue weighted by Crippen LogP contribution is 2.00. The van der Waals surface area contributed by atoms with Gasteiger partial charge in [-0.05, 0) is 12.8 Å². The van der Waals surface area contributed by atoms with Crippen molar-refractivity contribution in [3.8, 4) is 0 Å². The van der Waals surface area contributed by atoms with Crippen LogP contribution in [0.3, 0.4) is 0 Å². The molecule has 0 aromatic carbocycles. The molecule has 15 heavy (non-hydrogen) atoms. The Morgan fingerprint density at radius 1 is 1.13 bits per heavy atom. The number of aliphatic hydroxyl groups excluding tert-OH is 1. The van der Waals surface area contributed by atoms with Crippen molar-refractivity contribution in [1.29, 1.82) is 0 Å². The van der Waals surface area contributed by atoms with Crippen LogP contribution in [0, 0.1) is 0 Å². The number of nitrogens with zero attached hydrogens (tertiary/aromatic N) is 2. The normalized spacial score (nSPS) is 14.1. The smallest absolute Gasteiger partial charge is 0.140 e. The summed E-state index contributed by atoms with van der Waals surface area (Å²) in [5.41, 5.74) is 0. The molecule has 0 aliphatic carbocycles. The SMILES string of the molecule is CCC=NC(CCOCCO)N=CCC. The lowest BCUT2D eigenvalue weighted by molar-refractivity contribution is 0.0882. The molecule has 0 unspecified atom stereocenters. The number of hydrogen-bond acceptors (Lipinski definition) is 4. The molecule has 0 saturated heterocycles. The zero-order valence-corrected chi connectivity index (χ0v) is 9.72. The molecule has 0 saturated carbocycles. The maximum atomic E-state index is 8.53. The van der Waals surface area contributed by atoms with E-state index in [0.29, 0.717) is 13.2 Å². The van der Waals surface area contributed by atoms with Gasteiger partial charge in [-0.2, -0.15) is 0 Å². The third-order valence-electron chi connectivity index (χ3n) is 1.68. The summed E-state index contributed by atoms with van der Waals surface area (Å²) in [5.74, 6) is 0. The summed E-state index contributed by atoms with van der Waals surface area (Å²) < 4.78 is 5.18. The van der Waals surface area contributed by atoms with Crippen LogP contribution in [0.15, 0.2) is 9.98 Å². The van der Waals surface area contributed by atoms with E-state index in [4.69, 9.17) is 9.84 Å². The van der Waals surface area contributed by atoms with Crippen LogP contribution in [0.25, 0.3) is 0 Å². The Bertz CT molecular complexity index is 167. The van der Waals surface area contributed by atoms with Crippen LogP contribution in [0.1, 0.15) is 33.1 Å². The van der Waals surface area contributed by atoms with Gasteiger partial charge in [0.15, 0.2) is 0 Å². The summed E-state index contributed by atoms with van der Waals surface area (Å²) in [6.45, 7) is 5.15. The molecule has 0 aromatic rings. The summed E-state index contributed by atoms with van der Waals surface area (Å²) in [4.78, 5) is 8.62. The molecule has 4 heteroatoms. The minimum Gasteiger partial charge on any atom is -0.394 e. The predicted molar refractivity (Wildman–Crippen MR) is 63.9 cm³/mol. The third kappa shape index (κ3) is 9.56. The summed E-state index contributed by atoms with van der Waals surface area (Å²) in [7, 11) is 0. The van der Waals surface area contributed by atoms with E-state index in [1.165, 1.54) is 0 Å². The van der Waals surface area contributed by atoms with Crippen molar-refractivity contribution in [3.05, 3.63) is 0 Å². The van der Waals surface area contributed by atoms with Crippen LogP contribution in [0.4, 0.5) is 0 Å². The highest BCUT2D eigenvalue weighted by molar-refractivity contribution is 5.59. The van der Waals surface area contributed by atoms with Gasteiger partial charge in [0.25, 0.3) is 0 Å². The van der Waals surface area contributed by atoms with Gasteiger partial charge in [0.2, 0.25) is 0 Å². The zero-order chi connectivity index (χ0) is 11.4. The molecule has 0 rings (SSSR count). The topological polar surface area (TPSA) is 54.2 Å². The average Bonchev–Trinajstić information content (AvgIpc) is 2.27. The zero-order valence-electron chi connectivity index (χ0n) is 9.72. The number of ether oxygens (including phenoxy) is 1. The Morgan fingerprint density at radius 2 is 1.73 bits per heavy atom. The number of aliphatic hydroxyl groups is 1. The maximum Gasteiger partial charge on any atom is 0.140 e. The van der Waals surface area contributed by atoms with Crippen molar-refractivity contribution in [2.45, 2.75) is 39.3 Å². The molecule has 0 heterocycles. The van der Waals surface area contributed by atoms with E-state index in [2.05, 4.69) is 9.98 Å². The molecule has 0 aromatic heterocycles. The molecule has 0 fully saturated rings. The molecular formula is C11H22N2O2. The fourth-order valence-corrected chi connectivity index (χ4v) is 0.997. The molecule has 4 nitrogen and oxygen atoms in total. The first kappa shape index (κ1) is 14.3. The van der Waals surface area contributed by atoms with Crippen LogP contribution in [-0.4, -0.2) is 43.5 Å². The predicted octanol–water partition coefficient (Wildman–Crippen LogP) is 1.67. The largest absolute Gasteiger partial charge is 0.394 e. The summed E-state index contributed by atoms with van der Waals surface area (Å²) in [5, 5.41) is 8.53. The first-order chi connectivity index (χ1) is 7.35. The van der Waals surface area contributed by atoms with Gasteiger partial charge in [0.05, 0.1) is 19.8 Å². The lowest BCUT2D eigenvalue weighted by atomic mass is 10.3. The van der Waals surface area contributed by atoms with Gasteiger partial charge in [0.1, 0.15) is 6.17 Å². The van der Waals surface area contributed by atoms with Gasteiger partial charge >= 0.3 is 0 Å². The van der Waals surface area contributed by atoms with Gasteiger partial charge in [0, 0.05) is 18.9 Å². The van der Waals surface area contributed by atoms with Crippen molar-refractivity contribution >= 4 is 12.4 Å². The second-order valence-electron chi connectivity index (χ2n) is 3.09. The second-order valence-corrected chi connectivity index (χ2v) is 3.09. The molecule has 0 amide bonds. The highest BCUT2D eigenvalue weighted by atomic mass is 16.5. The lowest BCUT2D eigenvalue weighted by Gasteiger charge is -2.07. The van der Waals surface area contributed by atoms with Crippen LogP contribution in [0.5, 0.6) is 0 Å². The fraction of sp³-hybridized carbons (Fsp3) is 0.818. The molecule has 0 spiro atoms. The summed E-state index contributed by atoms with van der Waals surface area (Å²) in [6, 6.07) is 0. The van der Waals surface area contributed by atoms with E-state index in [0.717, 1.165) is 19.3 Å². The fourth-order valence-electron chi connectivity index (χ4n) is 0.997. The van der Waals surface area contributed by atoms with Crippen molar-refractivity contribution in [2.24, 2.45) is 9.98 Å². The Hall–Kier alpha value is -0.740. The standard InChI is InChI=1S/C11H22N2O2/c1-3-6-12-11(13-7-4-2)5-9-15-10-8-14/h6-7,11,14H,3-5,8-10H2,1-2H3. The number of rotatable bonds is 9. The first-order valence-corrected chi connectivity index (χ1v) is 5.57. The van der Waals surface area contributed by atoms with Crippen LogP contribution >= 0.6 is 0 Å². The van der Waals surface area contributed by atoms with Crippen LogP contribution in [-0.2, 0) is 4.74 Å². The van der Waals surface area contributed by atoms with Gasteiger partial charge in [-0.15, -0.1) is 0 Å². The van der Waals surface area contributed by atoms with Gasteiger partial charge in [-0.3, -0.25) is 9.98 Å². The van der Waals surface area contributed by atoms with Gasteiger partial charge < -0.3 is 9.84 Å². The van der Waals surface area contributed by atoms with Crippen molar-refractivity contribution in [3.63, 3.8) is 0 Å². The van der Waals surface area contributed by atoms with E-state index < -0.39 is 0 Å². The molecule has 0 aliphatic rings. The van der Waals surface area contributed by atoms with Crippen molar-refractivity contribution in [1.82, 2.24) is 0 Å². The Labute approximate surface area is 92.1 Å². The molecule has 0 atom stereocenters. The van der Waals surface area contributed by atoms with Crippen molar-refractivity contribution in [2.75, 3.05) is 19.8 Å². The minimum atomic E-state index is -0.0245. The van der Waals surface area contributed by atoms with Crippen LogP contribution in [0.2, 0.25) is 0 Å². The van der Waals surface area contributed by atoms with E-state index >= 15 is 0 Å². The molecule has 0 radical (unpaired) electrons. The molecule has 88 valence electrons. The van der Waals surface area contributed by atoms with Gasteiger partial charge in [-0.1, -0.05) is 13.8 Å². The Kier molecular flexibility index (Phi) is 10.8. The third-order valence-corrected chi connectivity index (χ3v) is 1.68. The van der Waals surface area contributed by atoms with Gasteiger partial charge in [-0.25, -0.2) is 0 Å². The minimum absolute atomic E-state index is 0.0245. The molecule has 0 aliphatic heterocycles. The number of hydrogen-bond donors (Lipinski definition) is 1. The van der Waals surface area contributed by atoms with E-state index in [9.17, 15) is 0 Å². The Morgan fingerprint density at radius 3 is 2.20 bits per heavy atom. The van der Waals surface area contributed by atoms with E-state index in [-0.39, 0.29) is 12.8 Å². The quantitative estimate of drug-likeness (QED) is 0.469. The lowest BCUT2D eigenvalue weighted by Crippen LogP contribution is -2.09. The monoisotopic (exact) mass is 214 g/mol. The first-order valence-electron chi connectivity index (χ1n) is 5.57. The summed E-state index contributed by atoms with van der Waals surface area (Å²) in [6.07, 6.45) is 6.36. The highest BCUT2D eigenvalue weighted by Gasteiger charge is 2.01. The van der Waals surface area contributed by atoms with E-state index in [1.54, 1.807) is 0 Å². The summed E-state index contributed by atoms with van der Waals surface area (Å²) >= 11 is 0. The maximum absolute atomic E-state index is 8.53. The number of aliphatic imine (C=N–C) groups is 2. The van der Waals surface area contributed by atoms with E-state index in [1.807, 2.05) is 26.3 Å². The van der Waals surface area contributed by atoms with Crippen molar-refractivity contribution < 1.29 is 9.84 Å².